The third-order valence-electron chi connectivity index (χ3n) is 4.23. The van der Waals surface area contributed by atoms with Gasteiger partial charge in [0.05, 0.1) is 5.69 Å². The number of nitrogens with zero attached hydrogens (tertiary/aromatic N) is 2. The van der Waals surface area contributed by atoms with Crippen molar-refractivity contribution in [1.82, 2.24) is 14.9 Å². The molecule has 2 amide bonds. The van der Waals surface area contributed by atoms with Gasteiger partial charge in [-0.05, 0) is 23.6 Å². The van der Waals surface area contributed by atoms with Crippen LogP contribution in [-0.2, 0) is 17.9 Å². The predicted molar refractivity (Wildman–Crippen MR) is 113 cm³/mol. The molecule has 0 saturated heterocycles. The van der Waals surface area contributed by atoms with Crippen molar-refractivity contribution in [3.05, 3.63) is 81.2 Å². The maximum atomic E-state index is 12.6. The van der Waals surface area contributed by atoms with Gasteiger partial charge in [-0.15, -0.1) is 11.3 Å². The number of aromatic nitrogens is 2. The van der Waals surface area contributed by atoms with Crippen molar-refractivity contribution in [3.63, 3.8) is 0 Å². The Morgan fingerprint density at radius 2 is 1.90 bits per heavy atom. The molecule has 29 heavy (non-hydrogen) atoms. The number of pyridine rings is 1. The summed E-state index contributed by atoms with van der Waals surface area (Å²) >= 11 is 1.34. The number of amides is 2. The minimum Gasteiger partial charge on any atom is -0.348 e. The molecule has 150 valence electrons. The van der Waals surface area contributed by atoms with Crippen LogP contribution in [0.15, 0.2) is 58.8 Å². The Bertz CT molecular complexity index is 1060. The van der Waals surface area contributed by atoms with Gasteiger partial charge in [0.25, 0.3) is 11.5 Å². The number of carbonyl (C=O) groups excluding carboxylic acids is 2. The monoisotopic (exact) mass is 410 g/mol. The topological polar surface area (TPSA) is 93.1 Å². The average Bonchev–Trinajstić information content (AvgIpc) is 3.17. The van der Waals surface area contributed by atoms with Gasteiger partial charge in [0.1, 0.15) is 12.1 Å². The largest absolute Gasteiger partial charge is 0.348 e. The second-order valence-corrected chi connectivity index (χ2v) is 7.66. The zero-order valence-corrected chi connectivity index (χ0v) is 17.0. The number of thiazole rings is 1. The van der Waals surface area contributed by atoms with E-state index in [1.807, 2.05) is 49.6 Å². The molecule has 0 fully saturated rings. The molecule has 7 nitrogen and oxygen atoms in total. The van der Waals surface area contributed by atoms with Gasteiger partial charge >= 0.3 is 0 Å². The van der Waals surface area contributed by atoms with Crippen LogP contribution in [0, 0.1) is 0 Å². The van der Waals surface area contributed by atoms with E-state index in [4.69, 9.17) is 0 Å². The first-order valence-electron chi connectivity index (χ1n) is 9.21. The summed E-state index contributed by atoms with van der Waals surface area (Å²) in [6.45, 7) is 4.16. The van der Waals surface area contributed by atoms with E-state index in [9.17, 15) is 14.4 Å². The molecule has 0 bridgehead atoms. The van der Waals surface area contributed by atoms with E-state index in [2.05, 4.69) is 15.6 Å². The van der Waals surface area contributed by atoms with Crippen LogP contribution in [0.2, 0.25) is 0 Å². The van der Waals surface area contributed by atoms with Crippen LogP contribution in [0.1, 0.15) is 41.4 Å². The molecule has 0 saturated carbocycles. The average molecular weight is 410 g/mol. The molecule has 2 aromatic heterocycles. The minimum absolute atomic E-state index is 0.00688. The Balaban J connectivity index is 1.65. The van der Waals surface area contributed by atoms with E-state index < -0.39 is 11.5 Å². The van der Waals surface area contributed by atoms with Crippen molar-refractivity contribution in [2.24, 2.45) is 0 Å². The summed E-state index contributed by atoms with van der Waals surface area (Å²) in [6, 6.07) is 12.4. The molecule has 2 heterocycles. The van der Waals surface area contributed by atoms with Gasteiger partial charge in [0.15, 0.2) is 5.13 Å². The maximum Gasteiger partial charge on any atom is 0.263 e. The smallest absolute Gasteiger partial charge is 0.263 e. The van der Waals surface area contributed by atoms with Crippen LogP contribution >= 0.6 is 11.3 Å². The van der Waals surface area contributed by atoms with E-state index >= 15 is 0 Å². The van der Waals surface area contributed by atoms with Crippen molar-refractivity contribution in [1.29, 1.82) is 0 Å². The lowest BCUT2D eigenvalue weighted by molar-refractivity contribution is -0.116. The Morgan fingerprint density at radius 1 is 1.14 bits per heavy atom. The summed E-state index contributed by atoms with van der Waals surface area (Å²) in [5.41, 5.74) is 1.31. The van der Waals surface area contributed by atoms with Crippen molar-refractivity contribution < 1.29 is 9.59 Å². The van der Waals surface area contributed by atoms with Crippen molar-refractivity contribution in [2.45, 2.75) is 32.9 Å². The number of hydrogen-bond acceptors (Lipinski definition) is 5. The lowest BCUT2D eigenvalue weighted by atomic mass is 10.2. The number of rotatable bonds is 7. The summed E-state index contributed by atoms with van der Waals surface area (Å²) in [7, 11) is 0. The Morgan fingerprint density at radius 3 is 2.59 bits per heavy atom. The molecule has 0 spiro atoms. The van der Waals surface area contributed by atoms with Gasteiger partial charge in [-0.3, -0.25) is 14.4 Å². The summed E-state index contributed by atoms with van der Waals surface area (Å²) in [5.74, 6) is -0.584. The molecule has 3 rings (SSSR count). The molecule has 3 aromatic rings. The number of anilines is 1. The number of carbonyl (C=O) groups is 2. The van der Waals surface area contributed by atoms with Gasteiger partial charge in [-0.2, -0.15) is 0 Å². The molecule has 0 aliphatic rings. The van der Waals surface area contributed by atoms with Gasteiger partial charge in [-0.25, -0.2) is 4.98 Å². The Labute approximate surface area is 172 Å². The van der Waals surface area contributed by atoms with Crippen LogP contribution in [0.5, 0.6) is 0 Å². The molecule has 2 N–H and O–H groups in total. The fraction of sp³-hybridized carbons (Fsp3) is 0.238. The van der Waals surface area contributed by atoms with Crippen LogP contribution in [-0.4, -0.2) is 21.4 Å². The number of benzene rings is 1. The van der Waals surface area contributed by atoms with Crippen LogP contribution < -0.4 is 16.2 Å². The fourth-order valence-electron chi connectivity index (χ4n) is 2.63. The third-order valence-corrected chi connectivity index (χ3v) is 5.01. The first-order valence-corrected chi connectivity index (χ1v) is 10.1. The Kier molecular flexibility index (Phi) is 6.56. The van der Waals surface area contributed by atoms with Crippen molar-refractivity contribution in [2.75, 3.05) is 5.32 Å². The first kappa shape index (κ1) is 20.5. The van der Waals surface area contributed by atoms with E-state index in [0.29, 0.717) is 11.7 Å². The van der Waals surface area contributed by atoms with E-state index in [1.54, 1.807) is 6.07 Å². The lowest BCUT2D eigenvalue weighted by Crippen LogP contribution is -2.34. The number of hydrogen-bond donors (Lipinski definition) is 2. The summed E-state index contributed by atoms with van der Waals surface area (Å²) < 4.78 is 1.21. The van der Waals surface area contributed by atoms with E-state index in [1.165, 1.54) is 28.2 Å². The van der Waals surface area contributed by atoms with Gasteiger partial charge in [0, 0.05) is 18.1 Å². The summed E-state index contributed by atoms with van der Waals surface area (Å²) in [5, 5.41) is 7.81. The van der Waals surface area contributed by atoms with Gasteiger partial charge in [0.2, 0.25) is 5.91 Å². The second kappa shape index (κ2) is 9.29. The zero-order valence-electron chi connectivity index (χ0n) is 16.2. The molecule has 1 aromatic carbocycles. The molecular weight excluding hydrogens is 388 g/mol. The van der Waals surface area contributed by atoms with Crippen LogP contribution in [0.3, 0.4) is 0 Å². The van der Waals surface area contributed by atoms with Crippen LogP contribution in [0.25, 0.3) is 0 Å². The zero-order chi connectivity index (χ0) is 20.8. The molecular formula is C21H22N4O3S. The number of nitrogens with one attached hydrogen (secondary N) is 2. The quantitative estimate of drug-likeness (QED) is 0.626. The van der Waals surface area contributed by atoms with Crippen molar-refractivity contribution >= 4 is 28.3 Å². The third kappa shape index (κ3) is 5.39. The summed E-state index contributed by atoms with van der Waals surface area (Å²) in [4.78, 5) is 41.7. The highest BCUT2D eigenvalue weighted by atomic mass is 32.1. The standard InChI is InChI=1S/C21H22N4O3S/c1-14(2)17-13-29-21(23-17)24-18(26)12-25-10-6-9-16(20(25)28)19(27)22-11-15-7-4-3-5-8-15/h3-10,13-14H,11-12H2,1-2H3,(H,22,27)(H,23,24,26). The van der Waals surface area contributed by atoms with Crippen molar-refractivity contribution in [3.8, 4) is 0 Å². The van der Waals surface area contributed by atoms with Gasteiger partial charge < -0.3 is 15.2 Å². The van der Waals surface area contributed by atoms with E-state index in [-0.39, 0.29) is 23.9 Å². The lowest BCUT2D eigenvalue weighted by Gasteiger charge is -2.09. The second-order valence-electron chi connectivity index (χ2n) is 6.80. The molecule has 0 aliphatic carbocycles. The molecule has 8 heteroatoms. The normalized spacial score (nSPS) is 10.7. The Hall–Kier alpha value is -3.26. The summed E-state index contributed by atoms with van der Waals surface area (Å²) in [6.07, 6.45) is 1.48. The van der Waals surface area contributed by atoms with Gasteiger partial charge in [-0.1, -0.05) is 44.2 Å². The molecule has 0 aliphatic heterocycles. The highest BCUT2D eigenvalue weighted by molar-refractivity contribution is 7.13. The molecule has 0 radical (unpaired) electrons. The SMILES string of the molecule is CC(C)c1csc(NC(=O)Cn2cccc(C(=O)NCc3ccccc3)c2=O)n1. The van der Waals surface area contributed by atoms with E-state index in [0.717, 1.165) is 11.3 Å². The fourth-order valence-corrected chi connectivity index (χ4v) is 3.52. The molecule has 0 atom stereocenters. The minimum atomic E-state index is -0.518. The first-order chi connectivity index (χ1) is 13.9. The predicted octanol–water partition coefficient (Wildman–Crippen LogP) is 3.00. The molecule has 0 unspecified atom stereocenters. The highest BCUT2D eigenvalue weighted by Crippen LogP contribution is 2.21. The maximum absolute atomic E-state index is 12.6. The van der Waals surface area contributed by atoms with Crippen LogP contribution in [0.4, 0.5) is 5.13 Å². The highest BCUT2D eigenvalue weighted by Gasteiger charge is 2.14.